The van der Waals surface area contributed by atoms with Gasteiger partial charge in [0.1, 0.15) is 6.26 Å². The molecule has 0 fully saturated rings. The minimum absolute atomic E-state index is 0.254. The van der Waals surface area contributed by atoms with Gasteiger partial charge in [-0.15, -0.1) is 0 Å². The van der Waals surface area contributed by atoms with E-state index in [-0.39, 0.29) is 5.91 Å². The third-order valence-electron chi connectivity index (χ3n) is 5.31. The number of pyridine rings is 1. The highest BCUT2D eigenvalue weighted by molar-refractivity contribution is 5.91. The maximum atomic E-state index is 12.4. The van der Waals surface area contributed by atoms with Gasteiger partial charge in [0.15, 0.2) is 5.69 Å². The summed E-state index contributed by atoms with van der Waals surface area (Å²) in [5.41, 5.74) is 3.73. The third kappa shape index (κ3) is 6.00. The van der Waals surface area contributed by atoms with Crippen LogP contribution in [0, 0.1) is 12.8 Å². The molecule has 1 N–H and O–H groups in total. The smallest absolute Gasteiger partial charge is 0.273 e. The van der Waals surface area contributed by atoms with Crippen LogP contribution in [0.2, 0.25) is 0 Å². The summed E-state index contributed by atoms with van der Waals surface area (Å²) in [5.74, 6) is 0.768. The SMILES string of the molecule is Cc1cccc(CN(Cc2nc(C(=O)NCc3cccnc3)co2)C(C)C(C)C)c1. The van der Waals surface area contributed by atoms with E-state index in [0.29, 0.717) is 36.6 Å². The molecule has 0 radical (unpaired) electrons. The van der Waals surface area contributed by atoms with E-state index >= 15 is 0 Å². The highest BCUT2D eigenvalue weighted by Crippen LogP contribution is 2.18. The predicted molar refractivity (Wildman–Crippen MR) is 117 cm³/mol. The van der Waals surface area contributed by atoms with E-state index in [1.807, 2.05) is 12.1 Å². The molecule has 0 bridgehead atoms. The molecule has 0 aliphatic heterocycles. The van der Waals surface area contributed by atoms with Crippen LogP contribution in [0.4, 0.5) is 0 Å². The van der Waals surface area contributed by atoms with Crippen molar-refractivity contribution in [1.82, 2.24) is 20.2 Å². The second kappa shape index (κ2) is 10.2. The van der Waals surface area contributed by atoms with Crippen LogP contribution in [0.1, 0.15) is 53.8 Å². The lowest BCUT2D eigenvalue weighted by Gasteiger charge is -2.30. The summed E-state index contributed by atoms with van der Waals surface area (Å²) < 4.78 is 5.63. The number of nitrogens with one attached hydrogen (secondary N) is 1. The molecular weight excluding hydrogens is 376 g/mol. The number of carbonyl (C=O) groups is 1. The van der Waals surface area contributed by atoms with Gasteiger partial charge < -0.3 is 9.73 Å². The number of aromatic nitrogens is 2. The third-order valence-corrected chi connectivity index (χ3v) is 5.31. The first kappa shape index (κ1) is 21.7. The molecule has 0 saturated carbocycles. The Morgan fingerprint density at radius 1 is 1.13 bits per heavy atom. The quantitative estimate of drug-likeness (QED) is 0.572. The van der Waals surface area contributed by atoms with Crippen molar-refractivity contribution in [2.24, 2.45) is 5.92 Å². The van der Waals surface area contributed by atoms with Crippen molar-refractivity contribution in [1.29, 1.82) is 0 Å². The molecule has 0 aliphatic rings. The van der Waals surface area contributed by atoms with E-state index in [2.05, 4.69) is 72.1 Å². The van der Waals surface area contributed by atoms with Gasteiger partial charge >= 0.3 is 0 Å². The van der Waals surface area contributed by atoms with Crippen molar-refractivity contribution in [3.8, 4) is 0 Å². The summed E-state index contributed by atoms with van der Waals surface area (Å²) in [6.07, 6.45) is 4.86. The highest BCUT2D eigenvalue weighted by atomic mass is 16.3. The summed E-state index contributed by atoms with van der Waals surface area (Å²) in [5, 5.41) is 2.85. The molecule has 1 aromatic carbocycles. The average molecular weight is 407 g/mol. The first-order valence-electron chi connectivity index (χ1n) is 10.3. The van der Waals surface area contributed by atoms with Crippen LogP contribution in [0.15, 0.2) is 59.5 Å². The lowest BCUT2D eigenvalue weighted by molar-refractivity contribution is 0.0945. The van der Waals surface area contributed by atoms with Crippen molar-refractivity contribution in [3.63, 3.8) is 0 Å². The van der Waals surface area contributed by atoms with E-state index in [1.165, 1.54) is 17.4 Å². The van der Waals surface area contributed by atoms with E-state index < -0.39 is 0 Å². The fourth-order valence-electron chi connectivity index (χ4n) is 3.25. The second-order valence-corrected chi connectivity index (χ2v) is 8.05. The zero-order valence-electron chi connectivity index (χ0n) is 18.1. The van der Waals surface area contributed by atoms with Crippen molar-refractivity contribution >= 4 is 5.91 Å². The molecule has 0 aliphatic carbocycles. The number of hydrogen-bond acceptors (Lipinski definition) is 5. The van der Waals surface area contributed by atoms with Crippen LogP contribution >= 0.6 is 0 Å². The summed E-state index contributed by atoms with van der Waals surface area (Å²) in [6, 6.07) is 12.6. The lowest BCUT2D eigenvalue weighted by Crippen LogP contribution is -2.36. The van der Waals surface area contributed by atoms with Crippen LogP contribution < -0.4 is 5.32 Å². The number of oxazole rings is 1. The molecule has 6 nitrogen and oxygen atoms in total. The summed E-state index contributed by atoms with van der Waals surface area (Å²) in [7, 11) is 0. The summed E-state index contributed by atoms with van der Waals surface area (Å²) in [6.45, 7) is 10.5. The van der Waals surface area contributed by atoms with Crippen LogP contribution in [0.3, 0.4) is 0 Å². The van der Waals surface area contributed by atoms with Crippen LogP contribution in [0.25, 0.3) is 0 Å². The van der Waals surface area contributed by atoms with Crippen LogP contribution in [-0.2, 0) is 19.6 Å². The Bertz CT molecular complexity index is 953. The Morgan fingerprint density at radius 2 is 1.93 bits per heavy atom. The number of rotatable bonds is 9. The van der Waals surface area contributed by atoms with Gasteiger partial charge in [0, 0.05) is 31.5 Å². The predicted octanol–water partition coefficient (Wildman–Crippen LogP) is 4.35. The molecule has 0 saturated heterocycles. The first-order valence-corrected chi connectivity index (χ1v) is 10.3. The maximum absolute atomic E-state index is 12.4. The van der Waals surface area contributed by atoms with Gasteiger partial charge in [0.25, 0.3) is 5.91 Å². The van der Waals surface area contributed by atoms with E-state index in [9.17, 15) is 4.79 Å². The van der Waals surface area contributed by atoms with Gasteiger partial charge in [-0.1, -0.05) is 49.7 Å². The van der Waals surface area contributed by atoms with Crippen molar-refractivity contribution in [3.05, 3.63) is 83.3 Å². The molecule has 3 rings (SSSR count). The highest BCUT2D eigenvalue weighted by Gasteiger charge is 2.21. The molecule has 158 valence electrons. The molecule has 2 aromatic heterocycles. The Labute approximate surface area is 178 Å². The molecular formula is C24H30N4O2. The number of aryl methyl sites for hydroxylation is 1. The molecule has 0 spiro atoms. The topological polar surface area (TPSA) is 71.3 Å². The molecule has 30 heavy (non-hydrogen) atoms. The molecule has 1 atom stereocenters. The number of amides is 1. The van der Waals surface area contributed by atoms with Crippen molar-refractivity contribution in [2.75, 3.05) is 0 Å². The summed E-state index contributed by atoms with van der Waals surface area (Å²) >= 11 is 0. The first-order chi connectivity index (χ1) is 14.4. The Balaban J connectivity index is 1.66. The van der Waals surface area contributed by atoms with Crippen molar-refractivity contribution < 1.29 is 9.21 Å². The summed E-state index contributed by atoms with van der Waals surface area (Å²) in [4.78, 5) is 23.2. The van der Waals surface area contributed by atoms with Gasteiger partial charge in [-0.25, -0.2) is 4.98 Å². The van der Waals surface area contributed by atoms with Gasteiger partial charge in [0.2, 0.25) is 5.89 Å². The Hall–Kier alpha value is -2.99. The minimum atomic E-state index is -0.254. The van der Waals surface area contributed by atoms with E-state index in [4.69, 9.17) is 4.42 Å². The van der Waals surface area contributed by atoms with Crippen LogP contribution in [-0.4, -0.2) is 26.8 Å². The second-order valence-electron chi connectivity index (χ2n) is 8.05. The molecule has 1 unspecified atom stereocenters. The fraction of sp³-hybridized carbons (Fsp3) is 0.375. The van der Waals surface area contributed by atoms with Crippen LogP contribution in [0.5, 0.6) is 0 Å². The lowest BCUT2D eigenvalue weighted by atomic mass is 10.0. The van der Waals surface area contributed by atoms with Gasteiger partial charge in [-0.2, -0.15) is 0 Å². The number of nitrogens with zero attached hydrogens (tertiary/aromatic N) is 3. The Morgan fingerprint density at radius 3 is 2.63 bits per heavy atom. The monoisotopic (exact) mass is 406 g/mol. The normalized spacial score (nSPS) is 12.3. The maximum Gasteiger partial charge on any atom is 0.273 e. The Kier molecular flexibility index (Phi) is 7.36. The van der Waals surface area contributed by atoms with Gasteiger partial charge in [-0.05, 0) is 37.0 Å². The van der Waals surface area contributed by atoms with Crippen molar-refractivity contribution in [2.45, 2.75) is 53.4 Å². The number of benzene rings is 1. The van der Waals surface area contributed by atoms with Gasteiger partial charge in [0.05, 0.1) is 6.54 Å². The average Bonchev–Trinajstić information content (AvgIpc) is 3.20. The van der Waals surface area contributed by atoms with E-state index in [0.717, 1.165) is 12.1 Å². The fourth-order valence-corrected chi connectivity index (χ4v) is 3.25. The zero-order valence-corrected chi connectivity index (χ0v) is 18.1. The largest absolute Gasteiger partial charge is 0.447 e. The molecule has 2 heterocycles. The molecule has 6 heteroatoms. The number of carbonyl (C=O) groups excluding carboxylic acids is 1. The zero-order chi connectivity index (χ0) is 21.5. The standard InChI is InChI=1S/C24H30N4O2/c1-17(2)19(4)28(14-20-8-5-7-18(3)11-20)15-23-27-22(16-30-23)24(29)26-13-21-9-6-10-25-12-21/h5-12,16-17,19H,13-15H2,1-4H3,(H,26,29). The van der Waals surface area contributed by atoms with Gasteiger partial charge in [-0.3, -0.25) is 14.7 Å². The molecule has 1 amide bonds. The van der Waals surface area contributed by atoms with E-state index in [1.54, 1.807) is 12.4 Å². The number of hydrogen-bond donors (Lipinski definition) is 1. The molecule has 3 aromatic rings. The minimum Gasteiger partial charge on any atom is -0.447 e.